The molecular formula is C11H16O5. The number of aldehydes is 1. The molecule has 5 heteroatoms. The molecule has 0 aliphatic carbocycles. The summed E-state index contributed by atoms with van der Waals surface area (Å²) in [5, 5.41) is 0. The van der Waals surface area contributed by atoms with Crippen molar-refractivity contribution in [3.63, 3.8) is 0 Å². The van der Waals surface area contributed by atoms with E-state index in [1.807, 2.05) is 6.92 Å². The van der Waals surface area contributed by atoms with Crippen molar-refractivity contribution >= 4 is 12.1 Å². The third kappa shape index (κ3) is 3.15. The molecular weight excluding hydrogens is 212 g/mol. The first-order valence-corrected chi connectivity index (χ1v) is 5.11. The minimum atomic E-state index is -0.896. The van der Waals surface area contributed by atoms with E-state index in [0.29, 0.717) is 12.2 Å². The van der Waals surface area contributed by atoms with Gasteiger partial charge >= 0.3 is 0 Å². The van der Waals surface area contributed by atoms with Crippen molar-refractivity contribution in [2.45, 2.75) is 32.7 Å². The molecule has 1 saturated heterocycles. The number of carbonyl (C=O) groups excluding carboxylic acids is 2. The van der Waals surface area contributed by atoms with E-state index in [4.69, 9.17) is 14.2 Å². The molecule has 0 amide bonds. The summed E-state index contributed by atoms with van der Waals surface area (Å²) in [6.07, 6.45) is 0.778. The van der Waals surface area contributed by atoms with Crippen LogP contribution < -0.4 is 0 Å². The predicted molar refractivity (Wildman–Crippen MR) is 55.7 cm³/mol. The molecule has 1 fully saturated rings. The van der Waals surface area contributed by atoms with Gasteiger partial charge < -0.3 is 14.2 Å². The Labute approximate surface area is 94.4 Å². The fourth-order valence-electron chi connectivity index (χ4n) is 1.32. The molecule has 90 valence electrons. The zero-order valence-electron chi connectivity index (χ0n) is 9.69. The monoisotopic (exact) mass is 228 g/mol. The van der Waals surface area contributed by atoms with Gasteiger partial charge in [-0.2, -0.15) is 0 Å². The number of hydrogen-bond donors (Lipinski definition) is 0. The number of carbonyl (C=O) groups is 2. The first-order chi connectivity index (χ1) is 7.50. The molecule has 1 aliphatic heterocycles. The highest BCUT2D eigenvalue weighted by molar-refractivity contribution is 6.28. The molecule has 5 nitrogen and oxygen atoms in total. The topological polar surface area (TPSA) is 61.8 Å². The lowest BCUT2D eigenvalue weighted by atomic mass is 10.1. The van der Waals surface area contributed by atoms with Crippen molar-refractivity contribution in [3.8, 4) is 0 Å². The molecule has 1 heterocycles. The summed E-state index contributed by atoms with van der Waals surface area (Å²) < 4.78 is 15.8. The van der Waals surface area contributed by atoms with E-state index in [1.54, 1.807) is 13.8 Å². The number of ether oxygens (including phenoxy) is 3. The molecule has 1 atom stereocenters. The van der Waals surface area contributed by atoms with Crippen molar-refractivity contribution in [1.29, 1.82) is 0 Å². The molecule has 0 radical (unpaired) electrons. The zero-order valence-corrected chi connectivity index (χ0v) is 9.69. The predicted octanol–water partition coefficient (Wildman–Crippen LogP) is 0.826. The molecule has 1 rings (SSSR count). The van der Waals surface area contributed by atoms with E-state index in [-0.39, 0.29) is 12.9 Å². The van der Waals surface area contributed by atoms with Crippen LogP contribution >= 0.6 is 0 Å². The van der Waals surface area contributed by atoms with E-state index in [2.05, 4.69) is 0 Å². The van der Waals surface area contributed by atoms with Crippen molar-refractivity contribution in [3.05, 3.63) is 11.8 Å². The minimum Gasteiger partial charge on any atom is -0.501 e. The molecule has 0 aromatic carbocycles. The van der Waals surface area contributed by atoms with E-state index >= 15 is 0 Å². The van der Waals surface area contributed by atoms with Crippen molar-refractivity contribution in [2.75, 3.05) is 13.2 Å². The van der Waals surface area contributed by atoms with Crippen LogP contribution in [0.2, 0.25) is 0 Å². The van der Waals surface area contributed by atoms with Crippen LogP contribution in [0.25, 0.3) is 0 Å². The Kier molecular flexibility index (Phi) is 4.20. The number of hydrogen-bond acceptors (Lipinski definition) is 5. The second-order valence-electron chi connectivity index (χ2n) is 3.85. The standard InChI is InChI=1S/C11H16O5/c1-4-14-6-8-7-15-11(2,3)16-10(8)9(13)5-12/h5-6,10H,4,7H2,1-3H3. The van der Waals surface area contributed by atoms with Gasteiger partial charge in [0.1, 0.15) is 0 Å². The van der Waals surface area contributed by atoms with Crippen LogP contribution in [0.4, 0.5) is 0 Å². The average Bonchev–Trinajstić information content (AvgIpc) is 2.25. The van der Waals surface area contributed by atoms with Crippen LogP contribution in [0.15, 0.2) is 11.8 Å². The Morgan fingerprint density at radius 3 is 2.88 bits per heavy atom. The van der Waals surface area contributed by atoms with Gasteiger partial charge in [0, 0.05) is 5.57 Å². The summed E-state index contributed by atoms with van der Waals surface area (Å²) in [5.74, 6) is -1.49. The van der Waals surface area contributed by atoms with E-state index < -0.39 is 17.7 Å². The van der Waals surface area contributed by atoms with Gasteiger partial charge in [-0.15, -0.1) is 0 Å². The van der Waals surface area contributed by atoms with Gasteiger partial charge in [-0.05, 0) is 20.8 Å². The Morgan fingerprint density at radius 1 is 1.62 bits per heavy atom. The van der Waals surface area contributed by atoms with Crippen LogP contribution in [-0.2, 0) is 23.8 Å². The highest BCUT2D eigenvalue weighted by atomic mass is 16.7. The van der Waals surface area contributed by atoms with Crippen molar-refractivity contribution in [1.82, 2.24) is 0 Å². The fraction of sp³-hybridized carbons (Fsp3) is 0.636. The van der Waals surface area contributed by atoms with Gasteiger partial charge in [-0.25, -0.2) is 0 Å². The summed E-state index contributed by atoms with van der Waals surface area (Å²) >= 11 is 0. The largest absolute Gasteiger partial charge is 0.501 e. The van der Waals surface area contributed by atoms with Crippen molar-refractivity contribution in [2.24, 2.45) is 0 Å². The second kappa shape index (κ2) is 5.23. The van der Waals surface area contributed by atoms with E-state index in [0.717, 1.165) is 0 Å². The Hall–Kier alpha value is -1.20. The molecule has 0 spiro atoms. The van der Waals surface area contributed by atoms with Gasteiger partial charge in [-0.1, -0.05) is 0 Å². The summed E-state index contributed by atoms with van der Waals surface area (Å²) in [6, 6.07) is 0. The van der Waals surface area contributed by atoms with Crippen LogP contribution in [0, 0.1) is 0 Å². The third-order valence-electron chi connectivity index (χ3n) is 2.10. The first kappa shape index (κ1) is 12.9. The minimum absolute atomic E-state index is 0.219. The highest BCUT2D eigenvalue weighted by Gasteiger charge is 2.37. The average molecular weight is 228 g/mol. The second-order valence-corrected chi connectivity index (χ2v) is 3.85. The maximum Gasteiger partial charge on any atom is 0.228 e. The molecule has 0 N–H and O–H groups in total. The lowest BCUT2D eigenvalue weighted by molar-refractivity contribution is -0.247. The third-order valence-corrected chi connectivity index (χ3v) is 2.10. The summed E-state index contributed by atoms with van der Waals surface area (Å²) in [5.41, 5.74) is 0.526. The Balaban J connectivity index is 2.84. The van der Waals surface area contributed by atoms with Crippen LogP contribution in [0.1, 0.15) is 20.8 Å². The van der Waals surface area contributed by atoms with Gasteiger partial charge in [-0.3, -0.25) is 9.59 Å². The molecule has 0 aromatic rings. The van der Waals surface area contributed by atoms with Gasteiger partial charge in [0.05, 0.1) is 19.5 Å². The highest BCUT2D eigenvalue weighted by Crippen LogP contribution is 2.26. The fourth-order valence-corrected chi connectivity index (χ4v) is 1.32. The molecule has 1 aliphatic rings. The molecule has 0 aromatic heterocycles. The summed E-state index contributed by atoms with van der Waals surface area (Å²) in [4.78, 5) is 21.9. The zero-order chi connectivity index (χ0) is 12.2. The maximum absolute atomic E-state index is 11.4. The van der Waals surface area contributed by atoms with Gasteiger partial charge in [0.2, 0.25) is 5.78 Å². The molecule has 16 heavy (non-hydrogen) atoms. The smallest absolute Gasteiger partial charge is 0.228 e. The first-order valence-electron chi connectivity index (χ1n) is 5.11. The molecule has 0 saturated carbocycles. The van der Waals surface area contributed by atoms with Gasteiger partial charge in [0.25, 0.3) is 0 Å². The van der Waals surface area contributed by atoms with Crippen LogP contribution in [0.3, 0.4) is 0 Å². The maximum atomic E-state index is 11.4. The van der Waals surface area contributed by atoms with E-state index in [1.165, 1.54) is 6.26 Å². The quantitative estimate of drug-likeness (QED) is 0.405. The summed E-state index contributed by atoms with van der Waals surface area (Å²) in [6.45, 7) is 5.90. The van der Waals surface area contributed by atoms with Crippen LogP contribution in [-0.4, -0.2) is 37.2 Å². The Morgan fingerprint density at radius 2 is 2.31 bits per heavy atom. The van der Waals surface area contributed by atoms with Gasteiger partial charge in [0.15, 0.2) is 18.2 Å². The normalized spacial score (nSPS) is 26.4. The Bertz CT molecular complexity index is 305. The number of ketones is 1. The molecule has 1 unspecified atom stereocenters. The molecule has 0 bridgehead atoms. The lowest BCUT2D eigenvalue weighted by Gasteiger charge is -2.35. The number of Topliss-reactive ketones (excluding diaryl/α,β-unsaturated/α-hetero) is 1. The van der Waals surface area contributed by atoms with E-state index in [9.17, 15) is 9.59 Å². The van der Waals surface area contributed by atoms with Crippen molar-refractivity contribution < 1.29 is 23.8 Å². The SMILES string of the molecule is CCOC=C1COC(C)(C)OC1C(=O)C=O. The van der Waals surface area contributed by atoms with Crippen LogP contribution in [0.5, 0.6) is 0 Å². The lowest BCUT2D eigenvalue weighted by Crippen LogP contribution is -2.45. The number of rotatable bonds is 4. The summed E-state index contributed by atoms with van der Waals surface area (Å²) in [7, 11) is 0.